The molecule has 27 heavy (non-hydrogen) atoms. The van der Waals surface area contributed by atoms with Crippen molar-refractivity contribution in [1.82, 2.24) is 24.6 Å². The zero-order valence-electron chi connectivity index (χ0n) is 16.4. The van der Waals surface area contributed by atoms with E-state index in [9.17, 15) is 9.59 Å². The van der Waals surface area contributed by atoms with E-state index in [1.54, 1.807) is 4.68 Å². The standard InChI is InChI=1S/C20H27N5O2/c1-13-12-16(17-14(2)22-23(3)18(17)21-13)20(27)25-10-6-15(7-11-25)19(26)24-8-4-5-9-24/h12,15H,4-11H2,1-3H3. The van der Waals surface area contributed by atoms with Crippen LogP contribution in [0.1, 0.15) is 47.4 Å². The fraction of sp³-hybridized carbons (Fsp3) is 0.600. The molecule has 0 bridgehead atoms. The van der Waals surface area contributed by atoms with E-state index in [1.807, 2.05) is 36.8 Å². The molecule has 0 aromatic carbocycles. The number of fused-ring (bicyclic) bond motifs is 1. The van der Waals surface area contributed by atoms with Crippen LogP contribution in [0.2, 0.25) is 0 Å². The maximum absolute atomic E-state index is 13.2. The monoisotopic (exact) mass is 369 g/mol. The molecule has 0 N–H and O–H groups in total. The number of pyridine rings is 1. The first-order chi connectivity index (χ1) is 13.0. The summed E-state index contributed by atoms with van der Waals surface area (Å²) in [5.74, 6) is 0.366. The van der Waals surface area contributed by atoms with E-state index in [0.29, 0.717) is 18.7 Å². The van der Waals surface area contributed by atoms with Gasteiger partial charge in [0.1, 0.15) is 0 Å². The molecule has 0 unspecified atom stereocenters. The smallest absolute Gasteiger partial charge is 0.254 e. The van der Waals surface area contributed by atoms with Gasteiger partial charge in [0.25, 0.3) is 5.91 Å². The Kier molecular flexibility index (Phi) is 4.61. The summed E-state index contributed by atoms with van der Waals surface area (Å²) in [6, 6.07) is 1.86. The van der Waals surface area contributed by atoms with Gasteiger partial charge >= 0.3 is 0 Å². The largest absolute Gasteiger partial charge is 0.342 e. The average molecular weight is 369 g/mol. The average Bonchev–Trinajstić information content (AvgIpc) is 3.29. The van der Waals surface area contributed by atoms with Gasteiger partial charge in [0, 0.05) is 44.8 Å². The lowest BCUT2D eigenvalue weighted by Crippen LogP contribution is -2.43. The molecular formula is C20H27N5O2. The summed E-state index contributed by atoms with van der Waals surface area (Å²) in [7, 11) is 1.85. The van der Waals surface area contributed by atoms with E-state index in [0.717, 1.165) is 61.2 Å². The number of rotatable bonds is 2. The maximum atomic E-state index is 13.2. The van der Waals surface area contributed by atoms with Crippen LogP contribution < -0.4 is 0 Å². The summed E-state index contributed by atoms with van der Waals surface area (Å²) in [5.41, 5.74) is 3.05. The Morgan fingerprint density at radius 1 is 1.04 bits per heavy atom. The second-order valence-corrected chi connectivity index (χ2v) is 7.82. The van der Waals surface area contributed by atoms with Crippen molar-refractivity contribution < 1.29 is 9.59 Å². The Bertz CT molecular complexity index is 889. The lowest BCUT2D eigenvalue weighted by molar-refractivity contribution is -0.135. The number of amides is 2. The summed E-state index contributed by atoms with van der Waals surface area (Å²) in [5, 5.41) is 5.27. The third-order valence-electron chi connectivity index (χ3n) is 5.88. The summed E-state index contributed by atoms with van der Waals surface area (Å²) in [4.78, 5) is 34.3. The first-order valence-electron chi connectivity index (χ1n) is 9.84. The minimum absolute atomic E-state index is 0.0219. The second kappa shape index (κ2) is 6.94. The molecule has 2 aromatic rings. The van der Waals surface area contributed by atoms with E-state index in [4.69, 9.17) is 0 Å². The minimum Gasteiger partial charge on any atom is -0.342 e. The van der Waals surface area contributed by atoms with E-state index >= 15 is 0 Å². The fourth-order valence-corrected chi connectivity index (χ4v) is 4.43. The molecule has 2 aliphatic heterocycles. The summed E-state index contributed by atoms with van der Waals surface area (Å²) >= 11 is 0. The predicted molar refractivity (Wildman–Crippen MR) is 102 cm³/mol. The van der Waals surface area contributed by atoms with Crippen LogP contribution in [0.3, 0.4) is 0 Å². The van der Waals surface area contributed by atoms with Gasteiger partial charge < -0.3 is 9.80 Å². The molecule has 7 heteroatoms. The van der Waals surface area contributed by atoms with Crippen molar-refractivity contribution in [3.05, 3.63) is 23.0 Å². The molecule has 0 spiro atoms. The van der Waals surface area contributed by atoms with Gasteiger partial charge in [-0.15, -0.1) is 0 Å². The molecular weight excluding hydrogens is 342 g/mol. The van der Waals surface area contributed by atoms with Crippen LogP contribution >= 0.6 is 0 Å². The normalized spacial score (nSPS) is 18.5. The number of carbonyl (C=O) groups is 2. The minimum atomic E-state index is 0.0219. The van der Waals surface area contributed by atoms with Gasteiger partial charge in [-0.3, -0.25) is 14.3 Å². The Morgan fingerprint density at radius 3 is 2.37 bits per heavy atom. The molecule has 144 valence electrons. The van der Waals surface area contributed by atoms with Crippen LogP contribution in [-0.4, -0.2) is 62.6 Å². The van der Waals surface area contributed by atoms with E-state index in [1.165, 1.54) is 0 Å². The zero-order valence-corrected chi connectivity index (χ0v) is 16.4. The first-order valence-corrected chi connectivity index (χ1v) is 9.84. The van der Waals surface area contributed by atoms with Crippen molar-refractivity contribution in [2.45, 2.75) is 39.5 Å². The molecule has 4 heterocycles. The van der Waals surface area contributed by atoms with Crippen molar-refractivity contribution in [3.63, 3.8) is 0 Å². The summed E-state index contributed by atoms with van der Waals surface area (Å²) < 4.78 is 1.73. The second-order valence-electron chi connectivity index (χ2n) is 7.82. The number of aryl methyl sites for hydroxylation is 3. The first kappa shape index (κ1) is 17.9. The molecule has 0 saturated carbocycles. The Hall–Kier alpha value is -2.44. The SMILES string of the molecule is Cc1cc(C(=O)N2CCC(C(=O)N3CCCC3)CC2)c2c(C)nn(C)c2n1. The Labute approximate surface area is 159 Å². The highest BCUT2D eigenvalue weighted by molar-refractivity contribution is 6.06. The van der Waals surface area contributed by atoms with Crippen LogP contribution in [0.5, 0.6) is 0 Å². The van der Waals surface area contributed by atoms with Gasteiger partial charge in [0.15, 0.2) is 5.65 Å². The number of piperidine rings is 1. The maximum Gasteiger partial charge on any atom is 0.254 e. The molecule has 2 saturated heterocycles. The van der Waals surface area contributed by atoms with E-state index in [-0.39, 0.29) is 17.7 Å². The number of hydrogen-bond acceptors (Lipinski definition) is 4. The van der Waals surface area contributed by atoms with Gasteiger partial charge in [-0.2, -0.15) is 5.10 Å². The molecule has 2 amide bonds. The lowest BCUT2D eigenvalue weighted by atomic mass is 9.94. The Balaban J connectivity index is 1.51. The number of hydrogen-bond donors (Lipinski definition) is 0. The van der Waals surface area contributed by atoms with Crippen LogP contribution in [0.4, 0.5) is 0 Å². The van der Waals surface area contributed by atoms with Crippen molar-refractivity contribution >= 4 is 22.8 Å². The van der Waals surface area contributed by atoms with Crippen molar-refractivity contribution in [2.75, 3.05) is 26.2 Å². The topological polar surface area (TPSA) is 71.3 Å². The highest BCUT2D eigenvalue weighted by Gasteiger charge is 2.32. The third kappa shape index (κ3) is 3.19. The van der Waals surface area contributed by atoms with Crippen LogP contribution in [0, 0.1) is 19.8 Å². The molecule has 2 aliphatic rings. The molecule has 7 nitrogen and oxygen atoms in total. The van der Waals surface area contributed by atoms with Gasteiger partial charge in [0.2, 0.25) is 5.91 Å². The molecule has 2 aromatic heterocycles. The van der Waals surface area contributed by atoms with Gasteiger partial charge in [-0.25, -0.2) is 4.98 Å². The molecule has 4 rings (SSSR count). The van der Waals surface area contributed by atoms with Gasteiger partial charge in [0.05, 0.1) is 16.6 Å². The zero-order chi connectivity index (χ0) is 19.1. The van der Waals surface area contributed by atoms with Crippen LogP contribution in [0.25, 0.3) is 11.0 Å². The van der Waals surface area contributed by atoms with E-state index < -0.39 is 0 Å². The van der Waals surface area contributed by atoms with Crippen molar-refractivity contribution in [1.29, 1.82) is 0 Å². The molecule has 0 atom stereocenters. The predicted octanol–water partition coefficient (Wildman–Crippen LogP) is 2.06. The summed E-state index contributed by atoms with van der Waals surface area (Å²) in [6.07, 6.45) is 3.73. The summed E-state index contributed by atoms with van der Waals surface area (Å²) in [6.45, 7) is 6.87. The molecule has 0 aliphatic carbocycles. The number of nitrogens with zero attached hydrogens (tertiary/aromatic N) is 5. The lowest BCUT2D eigenvalue weighted by Gasteiger charge is -2.33. The highest BCUT2D eigenvalue weighted by atomic mass is 16.2. The Morgan fingerprint density at radius 2 is 1.70 bits per heavy atom. The van der Waals surface area contributed by atoms with Gasteiger partial charge in [-0.05, 0) is 45.6 Å². The highest BCUT2D eigenvalue weighted by Crippen LogP contribution is 2.26. The van der Waals surface area contributed by atoms with Crippen molar-refractivity contribution in [3.8, 4) is 0 Å². The van der Waals surface area contributed by atoms with E-state index in [2.05, 4.69) is 10.1 Å². The van der Waals surface area contributed by atoms with Crippen LogP contribution in [-0.2, 0) is 11.8 Å². The third-order valence-corrected chi connectivity index (χ3v) is 5.88. The number of aromatic nitrogens is 3. The van der Waals surface area contributed by atoms with Crippen molar-refractivity contribution in [2.24, 2.45) is 13.0 Å². The quantitative estimate of drug-likeness (QED) is 0.812. The molecule has 0 radical (unpaired) electrons. The van der Waals surface area contributed by atoms with Gasteiger partial charge in [-0.1, -0.05) is 0 Å². The number of likely N-dealkylation sites (tertiary alicyclic amines) is 2. The molecule has 2 fully saturated rings. The van der Waals surface area contributed by atoms with Crippen LogP contribution in [0.15, 0.2) is 6.07 Å². The number of carbonyl (C=O) groups excluding carboxylic acids is 2. The fourth-order valence-electron chi connectivity index (χ4n) is 4.43.